The number of carbonyl (C=O) groups excluding carboxylic acids is 3. The lowest BCUT2D eigenvalue weighted by atomic mass is 10.2. The minimum absolute atomic E-state index is 0.0517. The van der Waals surface area contributed by atoms with E-state index in [9.17, 15) is 44.7 Å². The van der Waals surface area contributed by atoms with E-state index >= 15 is 0 Å². The quantitative estimate of drug-likeness (QED) is 0.180. The highest BCUT2D eigenvalue weighted by molar-refractivity contribution is 5.94. The Kier molecular flexibility index (Phi) is 9.50. The molecular weight excluding hydrogens is 532 g/mol. The molecule has 0 saturated carbocycles. The molecule has 0 aliphatic heterocycles. The van der Waals surface area contributed by atoms with Gasteiger partial charge in [-0.2, -0.15) is 0 Å². The summed E-state index contributed by atoms with van der Waals surface area (Å²) in [5.74, 6) is -2.17. The van der Waals surface area contributed by atoms with E-state index in [2.05, 4.69) is 0 Å². The molecule has 3 aromatic carbocycles. The summed E-state index contributed by atoms with van der Waals surface area (Å²) in [7, 11) is 0. The molecule has 0 radical (unpaired) electrons. The molecule has 0 heterocycles. The zero-order valence-electron chi connectivity index (χ0n) is 20.5. The van der Waals surface area contributed by atoms with Gasteiger partial charge in [0.05, 0.1) is 39.0 Å². The van der Waals surface area contributed by atoms with E-state index < -0.39 is 32.6 Å². The van der Waals surface area contributed by atoms with Crippen molar-refractivity contribution < 1.29 is 38.6 Å². The molecule has 15 heteroatoms. The van der Waals surface area contributed by atoms with Crippen molar-refractivity contribution in [2.24, 2.45) is 0 Å². The molecule has 0 N–H and O–H groups in total. The maximum Gasteiger partial charge on any atom is 0.338 e. The van der Waals surface area contributed by atoms with E-state index in [0.717, 1.165) is 36.4 Å². The van der Waals surface area contributed by atoms with Crippen molar-refractivity contribution in [1.82, 2.24) is 4.90 Å². The van der Waals surface area contributed by atoms with Gasteiger partial charge in [-0.05, 0) is 36.4 Å². The van der Waals surface area contributed by atoms with Crippen LogP contribution in [0, 0.1) is 30.3 Å². The summed E-state index contributed by atoms with van der Waals surface area (Å²) in [6, 6.07) is 14.2. The zero-order chi connectivity index (χ0) is 29.2. The Morgan fingerprint density at radius 2 is 0.850 bits per heavy atom. The fourth-order valence-corrected chi connectivity index (χ4v) is 3.33. The summed E-state index contributed by atoms with van der Waals surface area (Å²) in [5, 5.41) is 32.5. The fourth-order valence-electron chi connectivity index (χ4n) is 3.33. The highest BCUT2D eigenvalue weighted by Crippen LogP contribution is 2.16. The molecule has 3 rings (SSSR count). The van der Waals surface area contributed by atoms with Gasteiger partial charge in [0, 0.05) is 42.0 Å². The molecule has 0 atom stereocenters. The van der Waals surface area contributed by atoms with Crippen LogP contribution in [0.3, 0.4) is 0 Å². The maximum absolute atomic E-state index is 13.1. The number of hydrogen-bond donors (Lipinski definition) is 0. The molecule has 0 aromatic heterocycles. The number of benzene rings is 3. The van der Waals surface area contributed by atoms with Gasteiger partial charge in [0.15, 0.2) is 0 Å². The van der Waals surface area contributed by atoms with Crippen molar-refractivity contribution in [2.75, 3.05) is 26.3 Å². The smallest absolute Gasteiger partial charge is 0.338 e. The van der Waals surface area contributed by atoms with E-state index in [-0.39, 0.29) is 60.1 Å². The minimum Gasteiger partial charge on any atom is -0.460 e. The number of ether oxygens (including phenoxy) is 2. The first-order valence-electron chi connectivity index (χ1n) is 11.4. The van der Waals surface area contributed by atoms with Crippen LogP contribution in [0.2, 0.25) is 0 Å². The molecule has 0 aliphatic rings. The predicted octanol–water partition coefficient (Wildman–Crippen LogP) is 3.57. The number of nitrogens with zero attached hydrogens (tertiary/aromatic N) is 4. The molecule has 40 heavy (non-hydrogen) atoms. The summed E-state index contributed by atoms with van der Waals surface area (Å²) >= 11 is 0. The molecule has 0 fully saturated rings. The number of nitro groups is 3. The van der Waals surface area contributed by atoms with Crippen molar-refractivity contribution >= 4 is 34.9 Å². The van der Waals surface area contributed by atoms with Gasteiger partial charge >= 0.3 is 11.9 Å². The highest BCUT2D eigenvalue weighted by atomic mass is 16.6. The first kappa shape index (κ1) is 28.8. The molecule has 0 saturated heterocycles. The van der Waals surface area contributed by atoms with Gasteiger partial charge in [-0.15, -0.1) is 0 Å². The summed E-state index contributed by atoms with van der Waals surface area (Å²) < 4.78 is 10.3. The maximum atomic E-state index is 13.1. The molecule has 0 bridgehead atoms. The van der Waals surface area contributed by atoms with Crippen molar-refractivity contribution in [3.63, 3.8) is 0 Å². The van der Waals surface area contributed by atoms with Gasteiger partial charge in [-0.3, -0.25) is 35.1 Å². The van der Waals surface area contributed by atoms with Gasteiger partial charge in [0.2, 0.25) is 0 Å². The summed E-state index contributed by atoms with van der Waals surface area (Å²) in [6.45, 7) is -0.872. The third-order valence-corrected chi connectivity index (χ3v) is 5.43. The zero-order valence-corrected chi connectivity index (χ0v) is 20.5. The Morgan fingerprint density at radius 1 is 0.550 bits per heavy atom. The topological polar surface area (TPSA) is 202 Å². The first-order chi connectivity index (χ1) is 19.1. The SMILES string of the molecule is O=C(OCCN(CCOC(=O)c1ccc([N+](=O)[O-])cc1)C(=O)c1ccc([N+](=O)[O-])cc1)c1ccc([N+](=O)[O-])cc1. The number of nitro benzene ring substituents is 3. The molecular formula is C25H20N4O11. The standard InChI is InChI=1S/C25H20N4O11/c30-23(17-1-7-20(8-2-17)27(33)34)26(13-15-39-24(31)18-3-9-21(10-4-18)28(35)36)14-16-40-25(32)19-5-11-22(12-6-19)29(37)38/h1-12H,13-16H2. The molecule has 0 unspecified atom stereocenters. The second-order valence-corrected chi connectivity index (χ2v) is 7.98. The Balaban J connectivity index is 1.64. The number of rotatable bonds is 12. The second-order valence-electron chi connectivity index (χ2n) is 7.98. The number of non-ortho nitro benzene ring substituents is 3. The summed E-state index contributed by atoms with van der Waals surface area (Å²) in [5.41, 5.74) is -0.447. The van der Waals surface area contributed by atoms with Crippen LogP contribution in [0.5, 0.6) is 0 Å². The van der Waals surface area contributed by atoms with Crippen LogP contribution >= 0.6 is 0 Å². The van der Waals surface area contributed by atoms with E-state index in [1.165, 1.54) is 41.3 Å². The first-order valence-corrected chi connectivity index (χ1v) is 11.4. The van der Waals surface area contributed by atoms with Crippen LogP contribution in [-0.4, -0.2) is 63.8 Å². The average molecular weight is 552 g/mol. The Hall–Kier alpha value is -5.73. The fraction of sp³-hybridized carbons (Fsp3) is 0.160. The van der Waals surface area contributed by atoms with Crippen LogP contribution < -0.4 is 0 Å². The van der Waals surface area contributed by atoms with Crippen molar-refractivity contribution in [3.8, 4) is 0 Å². The third-order valence-electron chi connectivity index (χ3n) is 5.43. The molecule has 1 amide bonds. The second kappa shape index (κ2) is 13.2. The monoisotopic (exact) mass is 552 g/mol. The number of esters is 2. The van der Waals surface area contributed by atoms with Gasteiger partial charge < -0.3 is 14.4 Å². The molecule has 3 aromatic rings. The predicted molar refractivity (Wildman–Crippen MR) is 136 cm³/mol. The van der Waals surface area contributed by atoms with Crippen LogP contribution in [0.15, 0.2) is 72.8 Å². The normalized spacial score (nSPS) is 10.3. The van der Waals surface area contributed by atoms with E-state index in [0.29, 0.717) is 0 Å². The van der Waals surface area contributed by atoms with E-state index in [4.69, 9.17) is 9.47 Å². The van der Waals surface area contributed by atoms with Crippen LogP contribution in [0.25, 0.3) is 0 Å². The van der Waals surface area contributed by atoms with Gasteiger partial charge in [0.25, 0.3) is 23.0 Å². The van der Waals surface area contributed by atoms with Gasteiger partial charge in [0.1, 0.15) is 13.2 Å². The molecule has 15 nitrogen and oxygen atoms in total. The van der Waals surface area contributed by atoms with Crippen LogP contribution in [-0.2, 0) is 9.47 Å². The van der Waals surface area contributed by atoms with Gasteiger partial charge in [-0.25, -0.2) is 9.59 Å². The number of hydrogen-bond acceptors (Lipinski definition) is 11. The van der Waals surface area contributed by atoms with E-state index in [1.807, 2.05) is 0 Å². The Bertz CT molecular complexity index is 1350. The highest BCUT2D eigenvalue weighted by Gasteiger charge is 2.19. The minimum atomic E-state index is -0.790. The number of carbonyl (C=O) groups is 3. The van der Waals surface area contributed by atoms with Gasteiger partial charge in [-0.1, -0.05) is 0 Å². The lowest BCUT2D eigenvalue weighted by Gasteiger charge is -2.22. The molecule has 206 valence electrons. The summed E-state index contributed by atoms with van der Waals surface area (Å²) in [4.78, 5) is 69.5. The lowest BCUT2D eigenvalue weighted by molar-refractivity contribution is -0.385. The molecule has 0 spiro atoms. The Morgan fingerprint density at radius 3 is 1.15 bits per heavy atom. The largest absolute Gasteiger partial charge is 0.460 e. The Labute approximate surface area is 225 Å². The number of amides is 1. The van der Waals surface area contributed by atoms with Crippen molar-refractivity contribution in [1.29, 1.82) is 0 Å². The molecule has 0 aliphatic carbocycles. The van der Waals surface area contributed by atoms with Crippen LogP contribution in [0.4, 0.5) is 17.1 Å². The van der Waals surface area contributed by atoms with Crippen LogP contribution in [0.1, 0.15) is 31.1 Å². The van der Waals surface area contributed by atoms with E-state index in [1.54, 1.807) is 0 Å². The van der Waals surface area contributed by atoms with Crippen molar-refractivity contribution in [2.45, 2.75) is 0 Å². The van der Waals surface area contributed by atoms with Crippen molar-refractivity contribution in [3.05, 3.63) is 120 Å². The third kappa shape index (κ3) is 7.64. The summed E-state index contributed by atoms with van der Waals surface area (Å²) in [6.07, 6.45) is 0. The lowest BCUT2D eigenvalue weighted by Crippen LogP contribution is -2.37. The average Bonchev–Trinajstić information content (AvgIpc) is 2.95.